The molecule has 0 aromatic heterocycles. The summed E-state index contributed by atoms with van der Waals surface area (Å²) in [7, 11) is 0. The fraction of sp³-hybridized carbons (Fsp3) is 0.136. The molecule has 3 nitrogen and oxygen atoms in total. The van der Waals surface area contributed by atoms with Crippen molar-refractivity contribution in [1.29, 1.82) is 0 Å². The molecule has 3 aromatic carbocycles. The second-order valence-electron chi connectivity index (χ2n) is 6.04. The highest BCUT2D eigenvalue weighted by Gasteiger charge is 2.50. The molecular weight excluding hydrogens is 312 g/mol. The van der Waals surface area contributed by atoms with Gasteiger partial charge in [0.15, 0.2) is 5.60 Å². The van der Waals surface area contributed by atoms with Gasteiger partial charge in [0.05, 0.1) is 0 Å². The smallest absolute Gasteiger partial charge is 0.333 e. The minimum Gasteiger partial charge on any atom is -0.444 e. The highest BCUT2D eigenvalue weighted by molar-refractivity contribution is 5.73. The minimum atomic E-state index is -1.01. The number of benzene rings is 3. The molecule has 1 aliphatic rings. The first-order valence-electron chi connectivity index (χ1n) is 8.30. The molecule has 124 valence electrons. The normalized spacial score (nSPS) is 19.2. The summed E-state index contributed by atoms with van der Waals surface area (Å²) in [4.78, 5) is 12.3. The highest BCUT2D eigenvalue weighted by Crippen LogP contribution is 2.48. The summed E-state index contributed by atoms with van der Waals surface area (Å²) in [6, 6.07) is 29.5. The van der Waals surface area contributed by atoms with Crippen molar-refractivity contribution < 1.29 is 14.3 Å². The van der Waals surface area contributed by atoms with Crippen molar-refractivity contribution in [1.82, 2.24) is 0 Å². The summed E-state index contributed by atoms with van der Waals surface area (Å²) >= 11 is 0. The molecule has 0 saturated carbocycles. The van der Waals surface area contributed by atoms with Crippen molar-refractivity contribution in [3.05, 3.63) is 108 Å². The molecule has 0 amide bonds. The molecule has 0 radical (unpaired) electrons. The molecule has 25 heavy (non-hydrogen) atoms. The average molecular weight is 330 g/mol. The summed E-state index contributed by atoms with van der Waals surface area (Å²) in [5, 5.41) is 0. The van der Waals surface area contributed by atoms with Gasteiger partial charge in [-0.1, -0.05) is 91.0 Å². The first-order valence-corrected chi connectivity index (χ1v) is 8.30. The van der Waals surface area contributed by atoms with Gasteiger partial charge < -0.3 is 9.47 Å². The van der Waals surface area contributed by atoms with Crippen LogP contribution in [-0.4, -0.2) is 12.6 Å². The van der Waals surface area contributed by atoms with Crippen molar-refractivity contribution in [3.8, 4) is 0 Å². The van der Waals surface area contributed by atoms with Crippen molar-refractivity contribution >= 4 is 5.97 Å². The number of cyclic esters (lactones) is 1. The monoisotopic (exact) mass is 330 g/mol. The van der Waals surface area contributed by atoms with E-state index in [1.54, 1.807) is 0 Å². The third-order valence-corrected chi connectivity index (χ3v) is 4.52. The van der Waals surface area contributed by atoms with Gasteiger partial charge in [-0.3, -0.25) is 0 Å². The second kappa shape index (κ2) is 6.54. The molecule has 1 atom stereocenters. The van der Waals surface area contributed by atoms with Crippen LogP contribution in [0.3, 0.4) is 0 Å². The lowest BCUT2D eigenvalue weighted by atomic mass is 9.78. The predicted octanol–water partition coefficient (Wildman–Crippen LogP) is 4.24. The van der Waals surface area contributed by atoms with Gasteiger partial charge in [0.1, 0.15) is 12.7 Å². The lowest BCUT2D eigenvalue weighted by Gasteiger charge is -2.43. The van der Waals surface area contributed by atoms with Gasteiger partial charge in [-0.15, -0.1) is 0 Å². The molecule has 3 aromatic rings. The van der Waals surface area contributed by atoms with Gasteiger partial charge >= 0.3 is 5.97 Å². The van der Waals surface area contributed by atoms with Crippen LogP contribution in [0.5, 0.6) is 0 Å². The van der Waals surface area contributed by atoms with Crippen LogP contribution in [0.15, 0.2) is 91.0 Å². The highest BCUT2D eigenvalue weighted by atomic mass is 16.6. The van der Waals surface area contributed by atoms with Crippen LogP contribution in [0.4, 0.5) is 0 Å². The summed E-state index contributed by atoms with van der Waals surface area (Å²) in [5.41, 5.74) is 1.74. The SMILES string of the molecule is O=C1CO[C@@H](c2ccccc2)C(c2ccccc2)(c2ccccc2)O1. The molecule has 0 unspecified atom stereocenters. The third-order valence-electron chi connectivity index (χ3n) is 4.52. The van der Waals surface area contributed by atoms with Gasteiger partial charge in [-0.2, -0.15) is 0 Å². The average Bonchev–Trinajstić information content (AvgIpc) is 2.70. The zero-order chi connectivity index (χ0) is 17.1. The molecular formula is C22H18O3. The largest absolute Gasteiger partial charge is 0.444 e. The van der Waals surface area contributed by atoms with Crippen LogP contribution < -0.4 is 0 Å². The quantitative estimate of drug-likeness (QED) is 0.674. The van der Waals surface area contributed by atoms with Gasteiger partial charge in [0, 0.05) is 11.1 Å². The van der Waals surface area contributed by atoms with Crippen molar-refractivity contribution in [3.63, 3.8) is 0 Å². The molecule has 1 saturated heterocycles. The number of esters is 1. The van der Waals surface area contributed by atoms with E-state index in [1.165, 1.54) is 0 Å². The van der Waals surface area contributed by atoms with E-state index >= 15 is 0 Å². The van der Waals surface area contributed by atoms with Gasteiger partial charge in [0.2, 0.25) is 0 Å². The van der Waals surface area contributed by atoms with E-state index in [2.05, 4.69) is 0 Å². The lowest BCUT2D eigenvalue weighted by Crippen LogP contribution is -2.46. The summed E-state index contributed by atoms with van der Waals surface area (Å²) < 4.78 is 12.1. The van der Waals surface area contributed by atoms with Crippen molar-refractivity contribution in [2.75, 3.05) is 6.61 Å². The Labute approximate surface area is 146 Å². The Bertz CT molecular complexity index is 805. The third kappa shape index (κ3) is 2.73. The van der Waals surface area contributed by atoms with Gasteiger partial charge in [0.25, 0.3) is 0 Å². The number of ether oxygens (including phenoxy) is 2. The fourth-order valence-electron chi connectivity index (χ4n) is 3.45. The molecule has 1 fully saturated rings. The lowest BCUT2D eigenvalue weighted by molar-refractivity contribution is -0.205. The second-order valence-corrected chi connectivity index (χ2v) is 6.04. The summed E-state index contributed by atoms with van der Waals surface area (Å²) in [5.74, 6) is -0.361. The Morgan fingerprint density at radius 2 is 1.20 bits per heavy atom. The standard InChI is InChI=1S/C22H18O3/c23-20-16-24-21(17-10-4-1-5-11-17)22(25-20,18-12-6-2-7-13-18)19-14-8-3-9-15-19/h1-15,21H,16H2/t21-/m0/s1. The maximum Gasteiger partial charge on any atom is 0.333 e. The molecule has 1 heterocycles. The first-order chi connectivity index (χ1) is 12.3. The predicted molar refractivity (Wildman–Crippen MR) is 94.9 cm³/mol. The van der Waals surface area contributed by atoms with Crippen molar-refractivity contribution in [2.45, 2.75) is 11.7 Å². The van der Waals surface area contributed by atoms with Gasteiger partial charge in [-0.05, 0) is 5.56 Å². The maximum atomic E-state index is 12.3. The molecule has 0 spiro atoms. The molecule has 4 rings (SSSR count). The number of hydrogen-bond acceptors (Lipinski definition) is 3. The number of carbonyl (C=O) groups is 1. The first kappa shape index (κ1) is 15.6. The minimum absolute atomic E-state index is 0.0546. The zero-order valence-corrected chi connectivity index (χ0v) is 13.7. The molecule has 1 aliphatic heterocycles. The van der Waals surface area contributed by atoms with E-state index in [0.717, 1.165) is 16.7 Å². The van der Waals surface area contributed by atoms with Crippen LogP contribution in [0.2, 0.25) is 0 Å². The molecule has 0 bridgehead atoms. The molecule has 0 N–H and O–H groups in total. The van der Waals surface area contributed by atoms with E-state index in [4.69, 9.17) is 9.47 Å². The van der Waals surface area contributed by atoms with Crippen LogP contribution in [0.25, 0.3) is 0 Å². The summed E-state index contributed by atoms with van der Waals surface area (Å²) in [6.45, 7) is -0.0546. The summed E-state index contributed by atoms with van der Waals surface area (Å²) in [6.07, 6.45) is -0.420. The van der Waals surface area contributed by atoms with Crippen LogP contribution in [0.1, 0.15) is 22.8 Å². The van der Waals surface area contributed by atoms with Crippen LogP contribution in [-0.2, 0) is 19.9 Å². The van der Waals surface area contributed by atoms with Crippen LogP contribution in [0, 0.1) is 0 Å². The van der Waals surface area contributed by atoms with Crippen molar-refractivity contribution in [2.24, 2.45) is 0 Å². The maximum absolute atomic E-state index is 12.3. The number of rotatable bonds is 3. The topological polar surface area (TPSA) is 35.5 Å². The Morgan fingerprint density at radius 3 is 1.72 bits per heavy atom. The van der Waals surface area contributed by atoms with E-state index < -0.39 is 11.7 Å². The number of hydrogen-bond donors (Lipinski definition) is 0. The Hall–Kier alpha value is -2.91. The Morgan fingerprint density at radius 1 is 0.720 bits per heavy atom. The van der Waals surface area contributed by atoms with E-state index in [0.29, 0.717) is 0 Å². The molecule has 3 heteroatoms. The van der Waals surface area contributed by atoms with Crippen LogP contribution >= 0.6 is 0 Å². The molecule has 0 aliphatic carbocycles. The van der Waals surface area contributed by atoms with E-state index in [9.17, 15) is 4.79 Å². The van der Waals surface area contributed by atoms with E-state index in [-0.39, 0.29) is 12.6 Å². The fourth-order valence-corrected chi connectivity index (χ4v) is 3.45. The van der Waals surface area contributed by atoms with E-state index in [1.807, 2.05) is 91.0 Å². The Kier molecular flexibility index (Phi) is 4.08. The zero-order valence-electron chi connectivity index (χ0n) is 13.7. The number of carbonyl (C=O) groups excluding carboxylic acids is 1. The Balaban J connectivity index is 1.97. The van der Waals surface area contributed by atoms with Gasteiger partial charge in [-0.25, -0.2) is 4.79 Å².